The minimum Gasteiger partial charge on any atom is -0.367 e. The van der Waals surface area contributed by atoms with Crippen molar-refractivity contribution in [2.24, 2.45) is 0 Å². The molecule has 37 heavy (non-hydrogen) atoms. The number of benzene rings is 3. The predicted molar refractivity (Wildman–Crippen MR) is 148 cm³/mol. The molecule has 2 saturated heterocycles. The Kier molecular flexibility index (Phi) is 7.98. The molecule has 2 aliphatic rings. The Morgan fingerprint density at radius 2 is 1.43 bits per heavy atom. The number of amides is 3. The summed E-state index contributed by atoms with van der Waals surface area (Å²) in [5.74, 6) is -0.00718. The second kappa shape index (κ2) is 11.9. The van der Waals surface area contributed by atoms with Gasteiger partial charge in [-0.1, -0.05) is 48.5 Å². The number of hydrogen-bond acceptors (Lipinski definition) is 5. The normalized spacial score (nSPS) is 16.3. The first kappa shape index (κ1) is 24.8. The lowest BCUT2D eigenvalue weighted by Crippen LogP contribution is -2.47. The second-order valence-electron chi connectivity index (χ2n) is 9.47. The second-order valence-corrected chi connectivity index (χ2v) is 9.47. The lowest BCUT2D eigenvalue weighted by molar-refractivity contribution is 0.0736. The van der Waals surface area contributed by atoms with E-state index in [1.54, 1.807) is 0 Å². The lowest BCUT2D eigenvalue weighted by atomic mass is 10.1. The highest BCUT2D eigenvalue weighted by Gasteiger charge is 2.23. The summed E-state index contributed by atoms with van der Waals surface area (Å²) in [6.07, 6.45) is 0. The van der Waals surface area contributed by atoms with E-state index in [-0.39, 0.29) is 11.9 Å². The SMILES string of the molecule is O=C(Nc1ccccc1)Nc1cc(C(=O)N2CCNCC2)ccc1N1CCN(Cc2ccccc2)CC1. The van der Waals surface area contributed by atoms with Crippen LogP contribution in [-0.4, -0.2) is 74.1 Å². The van der Waals surface area contributed by atoms with Crippen molar-refractivity contribution in [3.63, 3.8) is 0 Å². The van der Waals surface area contributed by atoms with E-state index in [9.17, 15) is 9.59 Å². The minimum atomic E-state index is -0.332. The molecule has 0 radical (unpaired) electrons. The molecule has 5 rings (SSSR count). The zero-order chi connectivity index (χ0) is 25.5. The molecule has 0 aliphatic carbocycles. The Morgan fingerprint density at radius 1 is 0.757 bits per heavy atom. The van der Waals surface area contributed by atoms with Crippen molar-refractivity contribution < 1.29 is 9.59 Å². The van der Waals surface area contributed by atoms with Crippen LogP contribution >= 0.6 is 0 Å². The van der Waals surface area contributed by atoms with E-state index >= 15 is 0 Å². The Hall–Kier alpha value is -3.88. The summed E-state index contributed by atoms with van der Waals surface area (Å²) in [5.41, 5.74) is 4.18. The molecule has 3 aromatic rings. The van der Waals surface area contributed by atoms with E-state index in [1.807, 2.05) is 59.5 Å². The standard InChI is InChI=1S/C29H34N6O2/c36-28(35-15-13-30-14-16-35)24-11-12-27(26(21-24)32-29(37)31-25-9-5-2-6-10-25)34-19-17-33(18-20-34)22-23-7-3-1-4-8-23/h1-12,21,30H,13-20,22H2,(H2,31,32,37). The number of hydrogen-bond donors (Lipinski definition) is 3. The molecule has 0 spiro atoms. The van der Waals surface area contributed by atoms with Crippen LogP contribution in [0.3, 0.4) is 0 Å². The van der Waals surface area contributed by atoms with Gasteiger partial charge in [-0.25, -0.2) is 4.79 Å². The molecule has 2 heterocycles. The zero-order valence-corrected chi connectivity index (χ0v) is 21.0. The molecule has 3 amide bonds. The van der Waals surface area contributed by atoms with E-state index in [4.69, 9.17) is 0 Å². The van der Waals surface area contributed by atoms with Gasteiger partial charge < -0.3 is 25.8 Å². The van der Waals surface area contributed by atoms with Crippen LogP contribution in [0.15, 0.2) is 78.9 Å². The molecule has 2 aliphatic heterocycles. The monoisotopic (exact) mass is 498 g/mol. The zero-order valence-electron chi connectivity index (χ0n) is 21.0. The highest BCUT2D eigenvalue weighted by molar-refractivity contribution is 6.04. The molecular weight excluding hydrogens is 464 g/mol. The number of carbonyl (C=O) groups excluding carboxylic acids is 2. The summed E-state index contributed by atoms with van der Waals surface area (Å²) in [6.45, 7) is 7.40. The van der Waals surface area contributed by atoms with Gasteiger partial charge in [0, 0.05) is 70.2 Å². The Labute approximate surface area is 218 Å². The molecule has 8 heteroatoms. The predicted octanol–water partition coefficient (Wildman–Crippen LogP) is 3.70. The molecule has 192 valence electrons. The summed E-state index contributed by atoms with van der Waals surface area (Å²) >= 11 is 0. The van der Waals surface area contributed by atoms with E-state index in [2.05, 4.69) is 50.0 Å². The lowest BCUT2D eigenvalue weighted by Gasteiger charge is -2.37. The average molecular weight is 499 g/mol. The molecule has 8 nitrogen and oxygen atoms in total. The maximum absolute atomic E-state index is 13.2. The van der Waals surface area contributed by atoms with Crippen LogP contribution in [0.2, 0.25) is 0 Å². The average Bonchev–Trinajstić information content (AvgIpc) is 2.95. The quantitative estimate of drug-likeness (QED) is 0.483. The van der Waals surface area contributed by atoms with Crippen LogP contribution < -0.4 is 20.9 Å². The van der Waals surface area contributed by atoms with E-state index in [0.717, 1.165) is 51.5 Å². The number of anilines is 3. The number of para-hydroxylation sites is 1. The van der Waals surface area contributed by atoms with Crippen molar-refractivity contribution in [3.05, 3.63) is 90.0 Å². The first-order valence-electron chi connectivity index (χ1n) is 12.9. The Balaban J connectivity index is 1.32. The number of nitrogens with one attached hydrogen (secondary N) is 3. The van der Waals surface area contributed by atoms with Gasteiger partial charge in [-0.3, -0.25) is 9.69 Å². The summed E-state index contributed by atoms with van der Waals surface area (Å²) in [7, 11) is 0. The van der Waals surface area contributed by atoms with Gasteiger partial charge in [-0.2, -0.15) is 0 Å². The fraction of sp³-hybridized carbons (Fsp3) is 0.310. The molecule has 3 aromatic carbocycles. The topological polar surface area (TPSA) is 79.9 Å². The van der Waals surface area contributed by atoms with Crippen LogP contribution in [-0.2, 0) is 6.54 Å². The molecule has 2 fully saturated rings. The van der Waals surface area contributed by atoms with Gasteiger partial charge in [0.2, 0.25) is 0 Å². The van der Waals surface area contributed by atoms with Gasteiger partial charge in [0.1, 0.15) is 0 Å². The van der Waals surface area contributed by atoms with Crippen molar-refractivity contribution in [1.29, 1.82) is 0 Å². The molecule has 0 atom stereocenters. The number of piperazine rings is 2. The molecule has 0 unspecified atom stereocenters. The number of nitrogens with zero attached hydrogens (tertiary/aromatic N) is 3. The Bertz CT molecular complexity index is 1190. The summed E-state index contributed by atoms with van der Waals surface area (Å²) in [6, 6.07) is 25.2. The summed E-state index contributed by atoms with van der Waals surface area (Å²) in [4.78, 5) is 32.7. The van der Waals surface area contributed by atoms with E-state index < -0.39 is 0 Å². The third-order valence-electron chi connectivity index (χ3n) is 6.89. The Morgan fingerprint density at radius 3 is 2.14 bits per heavy atom. The highest BCUT2D eigenvalue weighted by Crippen LogP contribution is 2.29. The van der Waals surface area contributed by atoms with Gasteiger partial charge in [0.25, 0.3) is 5.91 Å². The van der Waals surface area contributed by atoms with E-state index in [0.29, 0.717) is 30.0 Å². The molecule has 0 bridgehead atoms. The van der Waals surface area contributed by atoms with Crippen molar-refractivity contribution >= 4 is 29.0 Å². The smallest absolute Gasteiger partial charge is 0.323 e. The maximum atomic E-state index is 13.2. The van der Waals surface area contributed by atoms with Gasteiger partial charge in [-0.15, -0.1) is 0 Å². The van der Waals surface area contributed by atoms with Crippen molar-refractivity contribution in [3.8, 4) is 0 Å². The van der Waals surface area contributed by atoms with Crippen LogP contribution in [0, 0.1) is 0 Å². The van der Waals surface area contributed by atoms with Crippen LogP contribution in [0.5, 0.6) is 0 Å². The number of urea groups is 1. The molecular formula is C29H34N6O2. The van der Waals surface area contributed by atoms with Crippen LogP contribution in [0.4, 0.5) is 21.9 Å². The minimum absolute atomic E-state index is 0.00718. The van der Waals surface area contributed by atoms with Gasteiger partial charge in [0.05, 0.1) is 11.4 Å². The van der Waals surface area contributed by atoms with Crippen molar-refractivity contribution in [1.82, 2.24) is 15.1 Å². The maximum Gasteiger partial charge on any atom is 0.323 e. The molecule has 0 aromatic heterocycles. The largest absolute Gasteiger partial charge is 0.367 e. The van der Waals surface area contributed by atoms with Gasteiger partial charge in [0.15, 0.2) is 0 Å². The van der Waals surface area contributed by atoms with Crippen LogP contribution in [0.25, 0.3) is 0 Å². The fourth-order valence-electron chi connectivity index (χ4n) is 4.89. The van der Waals surface area contributed by atoms with Gasteiger partial charge in [-0.05, 0) is 35.9 Å². The number of rotatable bonds is 6. The highest BCUT2D eigenvalue weighted by atomic mass is 16.2. The molecule has 3 N–H and O–H groups in total. The van der Waals surface area contributed by atoms with E-state index in [1.165, 1.54) is 5.56 Å². The molecule has 0 saturated carbocycles. The third kappa shape index (κ3) is 6.47. The van der Waals surface area contributed by atoms with Crippen LogP contribution in [0.1, 0.15) is 15.9 Å². The summed E-state index contributed by atoms with van der Waals surface area (Å²) < 4.78 is 0. The fourth-order valence-corrected chi connectivity index (χ4v) is 4.89. The first-order valence-corrected chi connectivity index (χ1v) is 12.9. The third-order valence-corrected chi connectivity index (χ3v) is 6.89. The van der Waals surface area contributed by atoms with Crippen molar-refractivity contribution in [2.75, 3.05) is 67.9 Å². The van der Waals surface area contributed by atoms with Gasteiger partial charge >= 0.3 is 6.03 Å². The number of carbonyl (C=O) groups is 2. The van der Waals surface area contributed by atoms with Crippen molar-refractivity contribution in [2.45, 2.75) is 6.54 Å². The first-order chi connectivity index (χ1) is 18.2. The summed E-state index contributed by atoms with van der Waals surface area (Å²) in [5, 5.41) is 9.19.